The Labute approximate surface area is 227 Å². The molecule has 5 nitrogen and oxygen atoms in total. The fraction of sp³-hybridized carbons (Fsp3) is 0.536. The summed E-state index contributed by atoms with van der Waals surface area (Å²) in [5.41, 5.74) is -2.95. The van der Waals surface area contributed by atoms with Gasteiger partial charge in [0.05, 0.1) is 29.9 Å². The number of amides is 1. The number of aliphatic hydroxyl groups is 1. The lowest BCUT2D eigenvalue weighted by Gasteiger charge is -2.35. The highest BCUT2D eigenvalue weighted by Gasteiger charge is 2.42. The zero-order valence-electron chi connectivity index (χ0n) is 21.6. The number of carbonyl (C=O) groups is 1. The zero-order valence-corrected chi connectivity index (χ0v) is 21.6. The number of hydrogen-bond donors (Lipinski definition) is 1. The van der Waals surface area contributed by atoms with E-state index < -0.39 is 36.2 Å². The number of piperidine rings is 1. The molecule has 0 saturated carbocycles. The van der Waals surface area contributed by atoms with Crippen molar-refractivity contribution in [2.75, 3.05) is 26.2 Å². The van der Waals surface area contributed by atoms with Gasteiger partial charge in [0.2, 0.25) is 5.91 Å². The van der Waals surface area contributed by atoms with Crippen molar-refractivity contribution >= 4 is 5.91 Å². The Morgan fingerprint density at radius 2 is 1.57 bits per heavy atom. The second-order valence-corrected chi connectivity index (χ2v) is 10.6. The number of fused-ring (bicyclic) bond motifs is 1. The molecule has 3 aliphatic rings. The van der Waals surface area contributed by atoms with Crippen LogP contribution in [-0.2, 0) is 28.5 Å². The van der Waals surface area contributed by atoms with Crippen molar-refractivity contribution < 1.29 is 45.4 Å². The highest BCUT2D eigenvalue weighted by molar-refractivity contribution is 5.78. The maximum absolute atomic E-state index is 13.1. The number of hydrogen-bond acceptors (Lipinski definition) is 4. The van der Waals surface area contributed by atoms with Crippen molar-refractivity contribution in [3.05, 3.63) is 71.0 Å². The molecule has 1 amide bonds. The van der Waals surface area contributed by atoms with Gasteiger partial charge in [-0.25, -0.2) is 4.39 Å². The van der Waals surface area contributed by atoms with Crippen LogP contribution in [-0.4, -0.2) is 65.2 Å². The molecule has 2 aromatic carbocycles. The Balaban J connectivity index is 0.000000461. The first-order valence-electron chi connectivity index (χ1n) is 13.1. The molecule has 0 spiro atoms. The molecule has 5 rings (SSSR count). The molecule has 4 unspecified atom stereocenters. The quantitative estimate of drug-likeness (QED) is 0.477. The van der Waals surface area contributed by atoms with Crippen molar-refractivity contribution in [2.45, 2.75) is 62.9 Å². The topological polar surface area (TPSA) is 53.0 Å². The first-order valence-corrected chi connectivity index (χ1v) is 13.1. The first kappa shape index (κ1) is 30.3. The monoisotopic (exact) mass is 576 g/mol. The van der Waals surface area contributed by atoms with Gasteiger partial charge in [-0.3, -0.25) is 4.79 Å². The Bertz CT molecular complexity index is 1110. The lowest BCUT2D eigenvalue weighted by Crippen LogP contribution is -2.45. The van der Waals surface area contributed by atoms with E-state index in [4.69, 9.17) is 4.74 Å². The van der Waals surface area contributed by atoms with E-state index >= 15 is 0 Å². The van der Waals surface area contributed by atoms with Gasteiger partial charge in [0.1, 0.15) is 5.82 Å². The molecule has 0 aliphatic carbocycles. The van der Waals surface area contributed by atoms with Crippen LogP contribution in [0.1, 0.15) is 42.4 Å². The molecule has 0 aromatic heterocycles. The van der Waals surface area contributed by atoms with E-state index in [1.165, 1.54) is 12.1 Å². The summed E-state index contributed by atoms with van der Waals surface area (Å²) in [6, 6.07) is 9.32. The van der Waals surface area contributed by atoms with E-state index in [1.54, 1.807) is 23.1 Å². The van der Waals surface area contributed by atoms with Gasteiger partial charge in [0.15, 0.2) is 0 Å². The van der Waals surface area contributed by atoms with Gasteiger partial charge in [0.25, 0.3) is 0 Å². The van der Waals surface area contributed by atoms with E-state index in [0.29, 0.717) is 31.5 Å². The van der Waals surface area contributed by atoms with E-state index in [-0.39, 0.29) is 48.0 Å². The summed E-state index contributed by atoms with van der Waals surface area (Å²) in [5, 5.41) is 9.68. The molecular formula is C28H31F7N2O3. The fourth-order valence-electron chi connectivity index (χ4n) is 5.57. The number of benzene rings is 2. The van der Waals surface area contributed by atoms with Crippen LogP contribution in [0.5, 0.6) is 0 Å². The van der Waals surface area contributed by atoms with Crippen LogP contribution >= 0.6 is 0 Å². The average Bonchev–Trinajstić information content (AvgIpc) is 3.48. The van der Waals surface area contributed by atoms with Crippen LogP contribution in [0.3, 0.4) is 0 Å². The maximum Gasteiger partial charge on any atom is 0.416 e. The number of aliphatic hydroxyl groups excluding tert-OH is 1. The average molecular weight is 577 g/mol. The third-order valence-corrected chi connectivity index (χ3v) is 7.40. The van der Waals surface area contributed by atoms with E-state index in [1.807, 2.05) is 0 Å². The van der Waals surface area contributed by atoms with Crippen molar-refractivity contribution in [3.63, 3.8) is 0 Å². The molecule has 3 aliphatic heterocycles. The largest absolute Gasteiger partial charge is 0.416 e. The second kappa shape index (κ2) is 12.4. The summed E-state index contributed by atoms with van der Waals surface area (Å²) in [5.74, 6) is -0.0383. The Kier molecular flexibility index (Phi) is 9.41. The number of rotatable bonds is 5. The molecule has 40 heavy (non-hydrogen) atoms. The molecule has 3 fully saturated rings. The van der Waals surface area contributed by atoms with Crippen LogP contribution in [0.25, 0.3) is 0 Å². The van der Waals surface area contributed by atoms with Crippen molar-refractivity contribution in [2.24, 2.45) is 5.92 Å². The highest BCUT2D eigenvalue weighted by atomic mass is 19.4. The molecule has 4 atom stereocenters. The Hall–Kier alpha value is -2.70. The standard InChI is InChI=1S/C22H26F6N2O3.C6H5F/c23-21(24,25)15-3-14(4-16(7-15)22(26,27)28)12-33-19-8-17-5-13(6-20(32)30(17)11-19)9-29-2-1-18(31)10-29;7-6-4-2-1-3-5-6/h3-4,7,13,17-19,31H,1-2,5-6,8-12H2;1-5H. The minimum Gasteiger partial charge on any atom is -0.392 e. The number of alkyl halides is 6. The molecular weight excluding hydrogens is 545 g/mol. The van der Waals surface area contributed by atoms with Crippen LogP contribution in [0, 0.1) is 11.7 Å². The Morgan fingerprint density at radius 1 is 0.925 bits per heavy atom. The van der Waals surface area contributed by atoms with Crippen molar-refractivity contribution in [3.8, 4) is 0 Å². The van der Waals surface area contributed by atoms with E-state index in [9.17, 15) is 40.6 Å². The number of nitrogens with zero attached hydrogens (tertiary/aromatic N) is 2. The van der Waals surface area contributed by atoms with Gasteiger partial charge in [-0.15, -0.1) is 0 Å². The first-order chi connectivity index (χ1) is 18.8. The summed E-state index contributed by atoms with van der Waals surface area (Å²) < 4.78 is 95.9. The molecule has 1 N–H and O–H groups in total. The molecule has 3 heterocycles. The minimum atomic E-state index is -4.91. The molecule has 0 bridgehead atoms. The number of halogens is 7. The summed E-state index contributed by atoms with van der Waals surface area (Å²) >= 11 is 0. The lowest BCUT2D eigenvalue weighted by molar-refractivity contribution is -0.143. The zero-order chi connectivity index (χ0) is 29.1. The lowest BCUT2D eigenvalue weighted by atomic mass is 9.90. The second-order valence-electron chi connectivity index (χ2n) is 10.6. The molecule has 12 heteroatoms. The van der Waals surface area contributed by atoms with Crippen molar-refractivity contribution in [1.82, 2.24) is 9.80 Å². The molecule has 2 aromatic rings. The van der Waals surface area contributed by atoms with Crippen LogP contribution in [0.2, 0.25) is 0 Å². The fourth-order valence-corrected chi connectivity index (χ4v) is 5.57. The maximum atomic E-state index is 13.1. The number of carbonyl (C=O) groups excluding carboxylic acids is 1. The van der Waals surface area contributed by atoms with Gasteiger partial charge in [-0.2, -0.15) is 26.3 Å². The van der Waals surface area contributed by atoms with Gasteiger partial charge >= 0.3 is 12.4 Å². The molecule has 220 valence electrons. The number of ether oxygens (including phenoxy) is 1. The smallest absolute Gasteiger partial charge is 0.392 e. The predicted octanol–water partition coefficient (Wildman–Crippen LogP) is 5.51. The molecule has 0 radical (unpaired) electrons. The van der Waals surface area contributed by atoms with Crippen LogP contribution < -0.4 is 0 Å². The van der Waals surface area contributed by atoms with Crippen LogP contribution in [0.4, 0.5) is 30.7 Å². The SMILES string of the molecule is Fc1ccccc1.O=C1CC(CN2CCC(O)C2)CC2CC(OCc3cc(C(F)(F)F)cc(C(F)(F)F)c3)CN12. The van der Waals surface area contributed by atoms with Crippen LogP contribution in [0.15, 0.2) is 48.5 Å². The normalized spacial score (nSPS) is 25.5. The van der Waals surface area contributed by atoms with Gasteiger partial charge in [-0.05, 0) is 61.1 Å². The number of β-amino-alcohol motifs (C(OH)–C–C–N with tert-alkyl or cyclic N) is 1. The predicted molar refractivity (Wildman–Crippen MR) is 131 cm³/mol. The third-order valence-electron chi connectivity index (χ3n) is 7.40. The summed E-state index contributed by atoms with van der Waals surface area (Å²) in [4.78, 5) is 16.5. The van der Waals surface area contributed by atoms with E-state index in [2.05, 4.69) is 4.90 Å². The van der Waals surface area contributed by atoms with Gasteiger partial charge in [0, 0.05) is 38.6 Å². The van der Waals surface area contributed by atoms with Gasteiger partial charge < -0.3 is 19.6 Å². The minimum absolute atomic E-state index is 0.0134. The summed E-state index contributed by atoms with van der Waals surface area (Å²) in [7, 11) is 0. The Morgan fingerprint density at radius 3 is 2.10 bits per heavy atom. The van der Waals surface area contributed by atoms with Crippen molar-refractivity contribution in [1.29, 1.82) is 0 Å². The summed E-state index contributed by atoms with van der Waals surface area (Å²) in [6.45, 7) is 2.00. The molecule has 3 saturated heterocycles. The van der Waals surface area contributed by atoms with E-state index in [0.717, 1.165) is 25.9 Å². The number of likely N-dealkylation sites (tertiary alicyclic amines) is 1. The third kappa shape index (κ3) is 8.17. The highest BCUT2D eigenvalue weighted by Crippen LogP contribution is 2.37. The van der Waals surface area contributed by atoms with Gasteiger partial charge in [-0.1, -0.05) is 18.2 Å². The summed E-state index contributed by atoms with van der Waals surface area (Å²) in [6.07, 6.45) is -8.23.